The van der Waals surface area contributed by atoms with Gasteiger partial charge in [0.15, 0.2) is 0 Å². The van der Waals surface area contributed by atoms with Crippen molar-refractivity contribution in [2.24, 2.45) is 23.2 Å². The first kappa shape index (κ1) is 14.1. The van der Waals surface area contributed by atoms with E-state index in [0.717, 1.165) is 30.5 Å². The van der Waals surface area contributed by atoms with Crippen LogP contribution in [0, 0.1) is 23.2 Å². The zero-order valence-corrected chi connectivity index (χ0v) is 12.2. The fraction of sp³-hybridized carbons (Fsp3) is 0.588. The predicted octanol–water partition coefficient (Wildman–Crippen LogP) is 3.90. The molecule has 0 aromatic carbocycles. The Kier molecular flexibility index (Phi) is 3.71. The average molecular weight is 260 g/mol. The van der Waals surface area contributed by atoms with Crippen molar-refractivity contribution >= 4 is 6.29 Å². The topological polar surface area (TPSA) is 26.3 Å². The Bertz CT molecular complexity index is 435. The Labute approximate surface area is 116 Å². The molecule has 19 heavy (non-hydrogen) atoms. The van der Waals surface area contributed by atoms with Crippen LogP contribution in [0.2, 0.25) is 0 Å². The van der Waals surface area contributed by atoms with Gasteiger partial charge in [0.2, 0.25) is 0 Å². The van der Waals surface area contributed by atoms with E-state index < -0.39 is 0 Å². The molecule has 1 aliphatic carbocycles. The molecule has 5 atom stereocenters. The fourth-order valence-corrected chi connectivity index (χ4v) is 3.92. The van der Waals surface area contributed by atoms with Gasteiger partial charge in [-0.2, -0.15) is 0 Å². The molecule has 0 unspecified atom stereocenters. The fourth-order valence-electron chi connectivity index (χ4n) is 3.92. The number of carbonyl (C=O) groups is 1. The molecule has 0 bridgehead atoms. The van der Waals surface area contributed by atoms with Crippen LogP contribution in [0.15, 0.2) is 36.6 Å². The minimum Gasteiger partial charge on any atom is -0.493 e. The highest BCUT2D eigenvalue weighted by molar-refractivity contribution is 5.65. The summed E-state index contributed by atoms with van der Waals surface area (Å²) in [4.78, 5) is 10.7. The molecule has 1 saturated heterocycles. The second-order valence-electron chi connectivity index (χ2n) is 6.31. The van der Waals surface area contributed by atoms with Gasteiger partial charge < -0.3 is 4.74 Å². The van der Waals surface area contributed by atoms with E-state index in [9.17, 15) is 4.79 Å². The summed E-state index contributed by atoms with van der Waals surface area (Å²) in [7, 11) is 0. The molecule has 0 aromatic rings. The molecular weight excluding hydrogens is 236 g/mol. The number of aldehydes is 1. The third-order valence-corrected chi connectivity index (χ3v) is 5.07. The highest BCUT2D eigenvalue weighted by Gasteiger charge is 2.52. The molecule has 2 heteroatoms. The number of fused-ring (bicyclic) bond motifs is 1. The number of hydrogen-bond donors (Lipinski definition) is 0. The number of rotatable bonds is 3. The van der Waals surface area contributed by atoms with Crippen LogP contribution in [-0.2, 0) is 9.53 Å². The van der Waals surface area contributed by atoms with E-state index in [1.165, 1.54) is 0 Å². The number of ether oxygens (including phenoxy) is 1. The molecule has 0 radical (unpaired) electrons. The smallest absolute Gasteiger partial charge is 0.146 e. The highest BCUT2D eigenvalue weighted by Crippen LogP contribution is 2.54. The van der Waals surface area contributed by atoms with Gasteiger partial charge in [-0.05, 0) is 25.2 Å². The molecule has 2 rings (SSSR count). The summed E-state index contributed by atoms with van der Waals surface area (Å²) in [6, 6.07) is 0. The molecule has 0 amide bonds. The van der Waals surface area contributed by atoms with Crippen molar-refractivity contribution in [3.05, 3.63) is 36.6 Å². The highest BCUT2D eigenvalue weighted by atomic mass is 16.5. The Hall–Kier alpha value is -1.31. The van der Waals surface area contributed by atoms with E-state index in [-0.39, 0.29) is 17.4 Å². The molecule has 104 valence electrons. The molecular formula is C17H24O2. The second-order valence-corrected chi connectivity index (χ2v) is 6.31. The summed E-state index contributed by atoms with van der Waals surface area (Å²) in [5.41, 5.74) is 1.19. The van der Waals surface area contributed by atoms with Gasteiger partial charge >= 0.3 is 0 Å². The molecule has 2 fully saturated rings. The Morgan fingerprint density at radius 2 is 2.21 bits per heavy atom. The second kappa shape index (κ2) is 4.99. The third kappa shape index (κ3) is 2.18. The van der Waals surface area contributed by atoms with Crippen LogP contribution >= 0.6 is 0 Å². The van der Waals surface area contributed by atoms with Gasteiger partial charge in [-0.1, -0.05) is 32.1 Å². The van der Waals surface area contributed by atoms with E-state index >= 15 is 0 Å². The SMILES string of the molecule is C=C[C@@]1(C)CC[C@@H]2[C@@H](O/C(=C/C=O)[C@H]2C)[C@@H]1C(=C)C. The summed E-state index contributed by atoms with van der Waals surface area (Å²) in [6.45, 7) is 14.6. The Balaban J connectivity index is 2.37. The van der Waals surface area contributed by atoms with E-state index in [1.54, 1.807) is 6.08 Å². The largest absolute Gasteiger partial charge is 0.493 e. The summed E-state index contributed by atoms with van der Waals surface area (Å²) in [5.74, 6) is 1.93. The van der Waals surface area contributed by atoms with Gasteiger partial charge in [-0.3, -0.25) is 4.79 Å². The van der Waals surface area contributed by atoms with E-state index in [1.807, 2.05) is 0 Å². The lowest BCUT2D eigenvalue weighted by molar-refractivity contribution is -0.104. The molecule has 1 aliphatic heterocycles. The van der Waals surface area contributed by atoms with Gasteiger partial charge in [0.05, 0.1) is 0 Å². The Morgan fingerprint density at radius 3 is 2.74 bits per heavy atom. The summed E-state index contributed by atoms with van der Waals surface area (Å²) < 4.78 is 6.11. The first-order valence-electron chi connectivity index (χ1n) is 7.05. The number of hydrogen-bond acceptors (Lipinski definition) is 2. The minimum absolute atomic E-state index is 0.0450. The first-order chi connectivity index (χ1) is 8.94. The van der Waals surface area contributed by atoms with Crippen molar-refractivity contribution in [1.82, 2.24) is 0 Å². The van der Waals surface area contributed by atoms with Gasteiger partial charge in [-0.15, -0.1) is 6.58 Å². The zero-order chi connectivity index (χ0) is 14.2. The average Bonchev–Trinajstić information content (AvgIpc) is 2.66. The lowest BCUT2D eigenvalue weighted by Gasteiger charge is -2.45. The van der Waals surface area contributed by atoms with E-state index in [4.69, 9.17) is 4.74 Å². The molecule has 0 N–H and O–H groups in total. The van der Waals surface area contributed by atoms with Crippen LogP contribution < -0.4 is 0 Å². The van der Waals surface area contributed by atoms with Crippen LogP contribution in [0.25, 0.3) is 0 Å². The molecule has 2 nitrogen and oxygen atoms in total. The van der Waals surface area contributed by atoms with Gasteiger partial charge in [-0.25, -0.2) is 0 Å². The van der Waals surface area contributed by atoms with Crippen molar-refractivity contribution in [2.45, 2.75) is 39.7 Å². The molecule has 1 saturated carbocycles. The molecule has 2 aliphatic rings. The van der Waals surface area contributed by atoms with Crippen LogP contribution in [0.3, 0.4) is 0 Å². The van der Waals surface area contributed by atoms with Crippen molar-refractivity contribution < 1.29 is 9.53 Å². The van der Waals surface area contributed by atoms with Gasteiger partial charge in [0.1, 0.15) is 18.1 Å². The van der Waals surface area contributed by atoms with E-state index in [0.29, 0.717) is 11.8 Å². The van der Waals surface area contributed by atoms with Crippen LogP contribution in [0.1, 0.15) is 33.6 Å². The van der Waals surface area contributed by atoms with Crippen molar-refractivity contribution in [3.8, 4) is 0 Å². The standard InChI is InChI=1S/C17H24O2/c1-6-17(5)9-7-13-12(4)14(8-10-18)19-16(13)15(17)11(2)3/h6,8,10,12-13,15-16H,1-2,7,9H2,3-5H3/b14-8+/t12-,13-,15-,16+,17-/m0/s1. The van der Waals surface area contributed by atoms with Gasteiger partial charge in [0, 0.05) is 23.8 Å². The summed E-state index contributed by atoms with van der Waals surface area (Å²) in [6.07, 6.45) is 6.81. The molecule has 0 aromatic heterocycles. The van der Waals surface area contributed by atoms with Crippen molar-refractivity contribution in [2.75, 3.05) is 0 Å². The van der Waals surface area contributed by atoms with Crippen LogP contribution in [0.4, 0.5) is 0 Å². The normalized spacial score (nSPS) is 43.4. The minimum atomic E-state index is 0.0450. The monoisotopic (exact) mass is 260 g/mol. The maximum Gasteiger partial charge on any atom is 0.146 e. The lowest BCUT2D eigenvalue weighted by Crippen LogP contribution is -2.44. The number of carbonyl (C=O) groups excluding carboxylic acids is 1. The molecule has 1 heterocycles. The maximum absolute atomic E-state index is 10.7. The van der Waals surface area contributed by atoms with Crippen LogP contribution in [-0.4, -0.2) is 12.4 Å². The predicted molar refractivity (Wildman–Crippen MR) is 77.5 cm³/mol. The quantitative estimate of drug-likeness (QED) is 0.437. The summed E-state index contributed by atoms with van der Waals surface area (Å²) in [5, 5.41) is 0. The zero-order valence-electron chi connectivity index (χ0n) is 12.2. The third-order valence-electron chi connectivity index (χ3n) is 5.07. The maximum atomic E-state index is 10.7. The van der Waals surface area contributed by atoms with Gasteiger partial charge in [0.25, 0.3) is 0 Å². The first-order valence-corrected chi connectivity index (χ1v) is 7.05. The number of allylic oxidation sites excluding steroid dienone is 3. The van der Waals surface area contributed by atoms with Crippen molar-refractivity contribution in [1.29, 1.82) is 0 Å². The van der Waals surface area contributed by atoms with Crippen LogP contribution in [0.5, 0.6) is 0 Å². The van der Waals surface area contributed by atoms with E-state index in [2.05, 4.69) is 40.0 Å². The summed E-state index contributed by atoms with van der Waals surface area (Å²) >= 11 is 0. The molecule has 0 spiro atoms. The van der Waals surface area contributed by atoms with Crippen molar-refractivity contribution in [3.63, 3.8) is 0 Å². The lowest BCUT2D eigenvalue weighted by atomic mass is 9.59. The Morgan fingerprint density at radius 1 is 1.53 bits per heavy atom.